The number of hydrogen-bond donors (Lipinski definition) is 2. The first-order valence-corrected chi connectivity index (χ1v) is 12.0. The maximum Gasteiger partial charge on any atom is 0.490 e. The lowest BCUT2D eigenvalue weighted by molar-refractivity contribution is -0.193. The van der Waals surface area contributed by atoms with Gasteiger partial charge in [-0.05, 0) is 50.5 Å². The summed E-state index contributed by atoms with van der Waals surface area (Å²) in [6.45, 7) is 4.44. The number of hydrogen-bond acceptors (Lipinski definition) is 6. The van der Waals surface area contributed by atoms with Gasteiger partial charge in [0.2, 0.25) is 5.91 Å². The summed E-state index contributed by atoms with van der Waals surface area (Å²) in [6.07, 6.45) is -6.09. The summed E-state index contributed by atoms with van der Waals surface area (Å²) in [6, 6.07) is 11.3. The molecule has 2 aliphatic rings. The zero-order valence-electron chi connectivity index (χ0n) is 21.6. The largest absolute Gasteiger partial charge is 0.490 e. The van der Waals surface area contributed by atoms with Crippen LogP contribution in [0.3, 0.4) is 0 Å². The maximum atomic E-state index is 13.1. The van der Waals surface area contributed by atoms with E-state index < -0.39 is 24.3 Å². The van der Waals surface area contributed by atoms with Crippen molar-refractivity contribution in [3.63, 3.8) is 0 Å². The van der Waals surface area contributed by atoms with Crippen LogP contribution in [-0.2, 0) is 20.9 Å². The van der Waals surface area contributed by atoms with Crippen LogP contribution in [0.25, 0.3) is 0 Å². The fourth-order valence-electron chi connectivity index (χ4n) is 4.16. The van der Waals surface area contributed by atoms with E-state index in [2.05, 4.69) is 9.97 Å². The van der Waals surface area contributed by atoms with Gasteiger partial charge in [0.15, 0.2) is 0 Å². The molecule has 4 heterocycles. The fraction of sp³-hybridized carbons (Fsp3) is 0.440. The van der Waals surface area contributed by atoms with E-state index in [4.69, 9.17) is 19.8 Å². The Morgan fingerprint density at radius 1 is 0.878 bits per heavy atom. The van der Waals surface area contributed by atoms with Crippen LogP contribution in [0.15, 0.2) is 42.6 Å². The van der Waals surface area contributed by atoms with E-state index in [0.29, 0.717) is 25.3 Å². The number of likely N-dealkylation sites (tertiary alicyclic amines) is 2. The van der Waals surface area contributed by atoms with Crippen molar-refractivity contribution in [1.82, 2.24) is 19.8 Å². The first kappa shape index (κ1) is 33.0. The molecule has 0 bridgehead atoms. The highest BCUT2D eigenvalue weighted by Gasteiger charge is 2.48. The van der Waals surface area contributed by atoms with Crippen LogP contribution in [0, 0.1) is 12.3 Å². The monoisotopic (exact) mass is 592 g/mol. The Bertz CT molecular complexity index is 1210. The van der Waals surface area contributed by atoms with Gasteiger partial charge in [0.05, 0.1) is 17.7 Å². The molecule has 1 spiro atoms. The molecule has 4 rings (SSSR count). The summed E-state index contributed by atoms with van der Waals surface area (Å²) in [5.74, 6) is -5.33. The van der Waals surface area contributed by atoms with Crippen LogP contribution >= 0.6 is 0 Å². The Balaban J connectivity index is 0.000000349. The lowest BCUT2D eigenvalue weighted by atomic mass is 9.77. The molecule has 41 heavy (non-hydrogen) atoms. The first-order chi connectivity index (χ1) is 19.0. The van der Waals surface area contributed by atoms with Gasteiger partial charge in [0.25, 0.3) is 5.91 Å². The van der Waals surface area contributed by atoms with E-state index in [9.17, 15) is 35.9 Å². The first-order valence-electron chi connectivity index (χ1n) is 12.0. The number of carboxylic acids is 2. The average Bonchev–Trinajstić information content (AvgIpc) is 3.18. The number of aromatic nitrogens is 2. The Hall–Kier alpha value is -4.24. The van der Waals surface area contributed by atoms with Crippen LogP contribution in [-0.4, -0.2) is 85.7 Å². The predicted molar refractivity (Wildman–Crippen MR) is 128 cm³/mol. The van der Waals surface area contributed by atoms with Gasteiger partial charge in [-0.2, -0.15) is 26.3 Å². The molecular formula is C25H26F6N4O6. The molecule has 2 N–H and O–H groups in total. The molecule has 16 heteroatoms. The van der Waals surface area contributed by atoms with Gasteiger partial charge in [-0.1, -0.05) is 12.1 Å². The molecular weight excluding hydrogens is 566 g/mol. The summed E-state index contributed by atoms with van der Waals surface area (Å²) < 4.78 is 63.5. The average molecular weight is 592 g/mol. The standard InChI is InChI=1S/C21H24N4O2.2C2HF3O2/c1-16-5-4-7-18(23-16)19(26)24-12-8-21(9-13-24)10-14-25(20(21)27)15-17-6-2-3-11-22-17;2*3-2(4,5)1(6)7/h2-7,11H,8-10,12-15H2,1H3;2*(H,6,7). The third kappa shape index (κ3) is 9.42. The lowest BCUT2D eigenvalue weighted by Crippen LogP contribution is -2.46. The second kappa shape index (κ2) is 13.4. The summed E-state index contributed by atoms with van der Waals surface area (Å²) in [7, 11) is 0. The maximum absolute atomic E-state index is 13.1. The minimum Gasteiger partial charge on any atom is -0.475 e. The van der Waals surface area contributed by atoms with Crippen molar-refractivity contribution < 1.29 is 55.7 Å². The molecule has 2 aromatic heterocycles. The number of piperidine rings is 1. The minimum absolute atomic E-state index is 0.0377. The number of carbonyl (C=O) groups excluding carboxylic acids is 2. The molecule has 2 aliphatic heterocycles. The van der Waals surface area contributed by atoms with E-state index in [0.717, 1.165) is 37.2 Å². The van der Waals surface area contributed by atoms with Crippen molar-refractivity contribution in [3.8, 4) is 0 Å². The molecule has 0 aliphatic carbocycles. The van der Waals surface area contributed by atoms with Gasteiger partial charge in [-0.25, -0.2) is 14.6 Å². The number of aryl methyl sites for hydroxylation is 1. The van der Waals surface area contributed by atoms with Crippen LogP contribution in [0.1, 0.15) is 41.1 Å². The van der Waals surface area contributed by atoms with Crippen molar-refractivity contribution in [1.29, 1.82) is 0 Å². The molecule has 224 valence electrons. The molecule has 0 aromatic carbocycles. The number of rotatable bonds is 3. The second-order valence-electron chi connectivity index (χ2n) is 9.14. The number of carbonyl (C=O) groups is 4. The quantitative estimate of drug-likeness (QED) is 0.514. The normalized spacial score (nSPS) is 16.3. The molecule has 0 unspecified atom stereocenters. The Morgan fingerprint density at radius 3 is 1.88 bits per heavy atom. The van der Waals surface area contributed by atoms with Crippen molar-refractivity contribution >= 4 is 23.8 Å². The van der Waals surface area contributed by atoms with Gasteiger partial charge in [0, 0.05) is 31.5 Å². The van der Waals surface area contributed by atoms with Crippen molar-refractivity contribution in [2.75, 3.05) is 19.6 Å². The lowest BCUT2D eigenvalue weighted by Gasteiger charge is -2.37. The number of alkyl halides is 6. The number of amides is 2. The molecule has 2 aromatic rings. The van der Waals surface area contributed by atoms with E-state index >= 15 is 0 Å². The SMILES string of the molecule is Cc1cccc(C(=O)N2CCC3(CC2)CCN(Cc2ccccn2)C3=O)n1.O=C(O)C(F)(F)F.O=C(O)C(F)(F)F. The number of pyridine rings is 2. The highest BCUT2D eigenvalue weighted by molar-refractivity contribution is 5.93. The van der Waals surface area contributed by atoms with Gasteiger partial charge in [0.1, 0.15) is 5.69 Å². The molecule has 2 amide bonds. The number of carboxylic acid groups (broad SMARTS) is 2. The molecule has 10 nitrogen and oxygen atoms in total. The highest BCUT2D eigenvalue weighted by Crippen LogP contribution is 2.42. The van der Waals surface area contributed by atoms with E-state index in [1.54, 1.807) is 12.3 Å². The van der Waals surface area contributed by atoms with E-state index in [1.807, 2.05) is 47.1 Å². The zero-order valence-corrected chi connectivity index (χ0v) is 21.6. The van der Waals surface area contributed by atoms with Crippen LogP contribution in [0.4, 0.5) is 26.3 Å². The van der Waals surface area contributed by atoms with E-state index in [-0.39, 0.29) is 17.2 Å². The van der Waals surface area contributed by atoms with Crippen molar-refractivity contribution in [2.45, 2.75) is 45.1 Å². The second-order valence-corrected chi connectivity index (χ2v) is 9.14. The van der Waals surface area contributed by atoms with Crippen LogP contribution in [0.2, 0.25) is 0 Å². The number of aliphatic carboxylic acids is 2. The number of halogens is 6. The summed E-state index contributed by atoms with van der Waals surface area (Å²) in [5, 5.41) is 14.2. The highest BCUT2D eigenvalue weighted by atomic mass is 19.4. The minimum atomic E-state index is -5.08. The number of nitrogens with zero attached hydrogens (tertiary/aromatic N) is 4. The van der Waals surface area contributed by atoms with Crippen molar-refractivity contribution in [3.05, 3.63) is 59.7 Å². The van der Waals surface area contributed by atoms with Gasteiger partial charge >= 0.3 is 24.3 Å². The predicted octanol–water partition coefficient (Wildman–Crippen LogP) is 3.71. The van der Waals surface area contributed by atoms with Crippen LogP contribution < -0.4 is 0 Å². The Morgan fingerprint density at radius 2 is 1.41 bits per heavy atom. The molecule has 0 radical (unpaired) electrons. The Kier molecular flexibility index (Phi) is 10.8. The van der Waals surface area contributed by atoms with Crippen LogP contribution in [0.5, 0.6) is 0 Å². The summed E-state index contributed by atoms with van der Waals surface area (Å²) >= 11 is 0. The van der Waals surface area contributed by atoms with Gasteiger partial charge in [-0.15, -0.1) is 0 Å². The fourth-order valence-corrected chi connectivity index (χ4v) is 4.16. The van der Waals surface area contributed by atoms with Crippen molar-refractivity contribution in [2.24, 2.45) is 5.41 Å². The smallest absolute Gasteiger partial charge is 0.475 e. The molecule has 2 fully saturated rings. The molecule has 2 saturated heterocycles. The van der Waals surface area contributed by atoms with Gasteiger partial charge < -0.3 is 20.0 Å². The Labute approximate surface area is 229 Å². The van der Waals surface area contributed by atoms with Gasteiger partial charge in [-0.3, -0.25) is 14.6 Å². The topological polar surface area (TPSA) is 141 Å². The summed E-state index contributed by atoms with van der Waals surface area (Å²) in [5.41, 5.74) is 1.93. The molecule has 0 atom stereocenters. The van der Waals surface area contributed by atoms with E-state index in [1.165, 1.54) is 0 Å². The molecule has 0 saturated carbocycles. The zero-order chi connectivity index (χ0) is 31.0. The summed E-state index contributed by atoms with van der Waals surface area (Å²) in [4.78, 5) is 56.0. The third-order valence-corrected chi connectivity index (χ3v) is 6.28. The third-order valence-electron chi connectivity index (χ3n) is 6.28.